The van der Waals surface area contributed by atoms with E-state index in [0.29, 0.717) is 0 Å². The number of methoxy groups -OCH3 is 1. The Morgan fingerprint density at radius 1 is 1.42 bits per heavy atom. The lowest BCUT2D eigenvalue weighted by molar-refractivity contribution is 0.152. The van der Waals surface area contributed by atoms with Gasteiger partial charge in [0, 0.05) is 51.7 Å². The number of hydrogen-bond acceptors (Lipinski definition) is 5. The number of anilines is 1. The Kier molecular flexibility index (Phi) is 6.07. The van der Waals surface area contributed by atoms with Gasteiger partial charge in [-0.25, -0.2) is 4.98 Å². The van der Waals surface area contributed by atoms with Crippen LogP contribution in [0, 0.1) is 0 Å². The molecule has 5 heteroatoms. The SMILES string of the molecule is COCCNCc1cccnc1N1CCCOCC1. The molecule has 1 aromatic rings. The summed E-state index contributed by atoms with van der Waals surface area (Å²) in [6.45, 7) is 5.98. The first-order valence-corrected chi connectivity index (χ1v) is 6.88. The van der Waals surface area contributed by atoms with Crippen LogP contribution < -0.4 is 10.2 Å². The van der Waals surface area contributed by atoms with E-state index in [4.69, 9.17) is 9.47 Å². The van der Waals surface area contributed by atoms with Crippen molar-refractivity contribution in [2.24, 2.45) is 0 Å². The average Bonchev–Trinajstić information content (AvgIpc) is 2.73. The predicted molar refractivity (Wildman–Crippen MR) is 75.5 cm³/mol. The molecule has 5 nitrogen and oxygen atoms in total. The van der Waals surface area contributed by atoms with Gasteiger partial charge in [0.25, 0.3) is 0 Å². The monoisotopic (exact) mass is 265 g/mol. The van der Waals surface area contributed by atoms with E-state index in [0.717, 1.165) is 58.2 Å². The average molecular weight is 265 g/mol. The molecule has 0 unspecified atom stereocenters. The van der Waals surface area contributed by atoms with Gasteiger partial charge in [0.1, 0.15) is 5.82 Å². The van der Waals surface area contributed by atoms with E-state index in [1.165, 1.54) is 5.56 Å². The third kappa shape index (κ3) is 4.45. The molecule has 1 aliphatic heterocycles. The van der Waals surface area contributed by atoms with Crippen LogP contribution in [-0.2, 0) is 16.0 Å². The van der Waals surface area contributed by atoms with Crippen molar-refractivity contribution in [3.8, 4) is 0 Å². The Hall–Kier alpha value is -1.17. The van der Waals surface area contributed by atoms with Gasteiger partial charge in [0.2, 0.25) is 0 Å². The summed E-state index contributed by atoms with van der Waals surface area (Å²) in [4.78, 5) is 6.86. The van der Waals surface area contributed by atoms with Gasteiger partial charge in [0.05, 0.1) is 13.2 Å². The zero-order chi connectivity index (χ0) is 13.3. The normalized spacial score (nSPS) is 16.4. The van der Waals surface area contributed by atoms with Gasteiger partial charge in [-0.15, -0.1) is 0 Å². The number of hydrogen-bond donors (Lipinski definition) is 1. The number of ether oxygens (including phenoxy) is 2. The topological polar surface area (TPSA) is 46.6 Å². The minimum Gasteiger partial charge on any atom is -0.383 e. The van der Waals surface area contributed by atoms with Gasteiger partial charge < -0.3 is 19.7 Å². The molecule has 19 heavy (non-hydrogen) atoms. The van der Waals surface area contributed by atoms with Gasteiger partial charge in [-0.1, -0.05) is 6.07 Å². The maximum absolute atomic E-state index is 5.50. The fraction of sp³-hybridized carbons (Fsp3) is 0.643. The highest BCUT2D eigenvalue weighted by molar-refractivity contribution is 5.46. The second kappa shape index (κ2) is 8.09. The fourth-order valence-corrected chi connectivity index (χ4v) is 2.21. The molecule has 0 aromatic carbocycles. The quantitative estimate of drug-likeness (QED) is 0.779. The van der Waals surface area contributed by atoms with Gasteiger partial charge in [-0.05, 0) is 12.5 Å². The van der Waals surface area contributed by atoms with Gasteiger partial charge in [0.15, 0.2) is 0 Å². The predicted octanol–water partition coefficient (Wildman–Crippen LogP) is 1.04. The highest BCUT2D eigenvalue weighted by atomic mass is 16.5. The molecule has 106 valence electrons. The number of aromatic nitrogens is 1. The summed E-state index contributed by atoms with van der Waals surface area (Å²) in [6, 6.07) is 4.12. The summed E-state index contributed by atoms with van der Waals surface area (Å²) in [7, 11) is 1.72. The molecule has 1 fully saturated rings. The molecule has 0 bridgehead atoms. The van der Waals surface area contributed by atoms with Crippen molar-refractivity contribution in [2.45, 2.75) is 13.0 Å². The Labute approximate surface area is 114 Å². The minimum absolute atomic E-state index is 0.729. The van der Waals surface area contributed by atoms with Crippen LogP contribution in [0.3, 0.4) is 0 Å². The maximum Gasteiger partial charge on any atom is 0.133 e. The molecule has 2 heterocycles. The molecular formula is C14H23N3O2. The number of rotatable bonds is 6. The van der Waals surface area contributed by atoms with E-state index in [1.54, 1.807) is 7.11 Å². The lowest BCUT2D eigenvalue weighted by Crippen LogP contribution is -2.29. The van der Waals surface area contributed by atoms with Crippen LogP contribution in [-0.4, -0.2) is 51.5 Å². The first-order chi connectivity index (χ1) is 9.42. The number of nitrogens with one attached hydrogen (secondary N) is 1. The van der Waals surface area contributed by atoms with E-state index in [9.17, 15) is 0 Å². The minimum atomic E-state index is 0.729. The zero-order valence-corrected chi connectivity index (χ0v) is 11.6. The van der Waals surface area contributed by atoms with Crippen molar-refractivity contribution >= 4 is 5.82 Å². The third-order valence-corrected chi connectivity index (χ3v) is 3.19. The molecule has 1 saturated heterocycles. The molecule has 0 aliphatic carbocycles. The summed E-state index contributed by atoms with van der Waals surface area (Å²) < 4.78 is 10.5. The van der Waals surface area contributed by atoms with Crippen LogP contribution >= 0.6 is 0 Å². The Morgan fingerprint density at radius 3 is 3.26 bits per heavy atom. The van der Waals surface area contributed by atoms with Crippen molar-refractivity contribution in [1.82, 2.24) is 10.3 Å². The summed E-state index contributed by atoms with van der Waals surface area (Å²) in [5.74, 6) is 1.08. The van der Waals surface area contributed by atoms with Gasteiger partial charge in [-0.3, -0.25) is 0 Å². The molecule has 1 N–H and O–H groups in total. The van der Waals surface area contributed by atoms with E-state index < -0.39 is 0 Å². The Morgan fingerprint density at radius 2 is 2.37 bits per heavy atom. The Bertz CT molecular complexity index is 365. The third-order valence-electron chi connectivity index (χ3n) is 3.19. The summed E-state index contributed by atoms with van der Waals surface area (Å²) >= 11 is 0. The van der Waals surface area contributed by atoms with Crippen molar-refractivity contribution < 1.29 is 9.47 Å². The van der Waals surface area contributed by atoms with E-state index in [-0.39, 0.29) is 0 Å². The highest BCUT2D eigenvalue weighted by Crippen LogP contribution is 2.18. The smallest absolute Gasteiger partial charge is 0.133 e. The second-order valence-electron chi connectivity index (χ2n) is 4.61. The summed E-state index contributed by atoms with van der Waals surface area (Å²) in [5.41, 5.74) is 1.24. The van der Waals surface area contributed by atoms with Crippen LogP contribution in [0.2, 0.25) is 0 Å². The molecule has 1 aliphatic rings. The van der Waals surface area contributed by atoms with Gasteiger partial charge >= 0.3 is 0 Å². The zero-order valence-electron chi connectivity index (χ0n) is 11.6. The fourth-order valence-electron chi connectivity index (χ4n) is 2.21. The van der Waals surface area contributed by atoms with E-state index in [2.05, 4.69) is 21.3 Å². The largest absolute Gasteiger partial charge is 0.383 e. The van der Waals surface area contributed by atoms with Crippen LogP contribution in [0.15, 0.2) is 18.3 Å². The first-order valence-electron chi connectivity index (χ1n) is 6.88. The second-order valence-corrected chi connectivity index (χ2v) is 4.61. The molecular weight excluding hydrogens is 242 g/mol. The van der Waals surface area contributed by atoms with Crippen molar-refractivity contribution in [3.05, 3.63) is 23.9 Å². The summed E-state index contributed by atoms with van der Waals surface area (Å²) in [5, 5.41) is 3.37. The van der Waals surface area contributed by atoms with Crippen LogP contribution in [0.4, 0.5) is 5.82 Å². The first kappa shape index (κ1) is 14.2. The van der Waals surface area contributed by atoms with Gasteiger partial charge in [-0.2, -0.15) is 0 Å². The summed E-state index contributed by atoms with van der Waals surface area (Å²) in [6.07, 6.45) is 2.92. The van der Waals surface area contributed by atoms with Crippen molar-refractivity contribution in [1.29, 1.82) is 0 Å². The standard InChI is InChI=1S/C14H23N3O2/c1-18-10-6-15-12-13-4-2-5-16-14(13)17-7-3-9-19-11-8-17/h2,4-5,15H,3,6-12H2,1H3. The lowest BCUT2D eigenvalue weighted by atomic mass is 10.2. The molecule has 2 rings (SSSR count). The number of nitrogens with zero attached hydrogens (tertiary/aromatic N) is 2. The van der Waals surface area contributed by atoms with E-state index >= 15 is 0 Å². The molecule has 0 saturated carbocycles. The molecule has 1 aromatic heterocycles. The molecule has 0 amide bonds. The van der Waals surface area contributed by atoms with E-state index in [1.807, 2.05) is 12.3 Å². The highest BCUT2D eigenvalue weighted by Gasteiger charge is 2.14. The maximum atomic E-state index is 5.50. The molecule has 0 radical (unpaired) electrons. The Balaban J connectivity index is 1.98. The van der Waals surface area contributed by atoms with Crippen LogP contribution in [0.25, 0.3) is 0 Å². The van der Waals surface area contributed by atoms with Crippen LogP contribution in [0.5, 0.6) is 0 Å². The molecule has 0 spiro atoms. The molecule has 0 atom stereocenters. The van der Waals surface area contributed by atoms with Crippen LogP contribution in [0.1, 0.15) is 12.0 Å². The van der Waals surface area contributed by atoms with Crippen molar-refractivity contribution in [3.63, 3.8) is 0 Å². The van der Waals surface area contributed by atoms with Crippen molar-refractivity contribution in [2.75, 3.05) is 51.5 Å². The number of pyridine rings is 1. The lowest BCUT2D eigenvalue weighted by Gasteiger charge is -2.23.